The second kappa shape index (κ2) is 13.0. The van der Waals surface area contributed by atoms with Crippen LogP contribution in [-0.2, 0) is 10.0 Å². The number of benzene rings is 2. The predicted molar refractivity (Wildman–Crippen MR) is 151 cm³/mol. The molecule has 1 aliphatic heterocycles. The summed E-state index contributed by atoms with van der Waals surface area (Å²) in [5, 5.41) is 2.55. The van der Waals surface area contributed by atoms with Crippen LogP contribution in [0.15, 0.2) is 42.7 Å². The minimum atomic E-state index is -3.87. The van der Waals surface area contributed by atoms with Crippen LogP contribution in [0.1, 0.15) is 23.7 Å². The number of nitrogens with one attached hydrogen (secondary N) is 2. The van der Waals surface area contributed by atoms with Crippen molar-refractivity contribution >= 4 is 57.8 Å². The topological polar surface area (TPSA) is 117 Å². The van der Waals surface area contributed by atoms with Gasteiger partial charge in [-0.3, -0.25) is 14.5 Å². The molecule has 3 aromatic rings. The Labute approximate surface area is 241 Å². The summed E-state index contributed by atoms with van der Waals surface area (Å²) in [5.74, 6) is -6.39. The van der Waals surface area contributed by atoms with Gasteiger partial charge in [0, 0.05) is 25.3 Å². The molecule has 1 amide bonds. The number of amides is 1. The number of piperidine rings is 1. The number of carbonyl (C=O) groups is 1. The van der Waals surface area contributed by atoms with Crippen LogP contribution >= 0.6 is 24.8 Å². The fraction of sp³-hybridized carbons (Fsp3) is 0.280. The van der Waals surface area contributed by atoms with Crippen LogP contribution in [0.5, 0.6) is 0 Å². The molecule has 0 aliphatic carbocycles. The van der Waals surface area contributed by atoms with E-state index in [1.165, 1.54) is 12.4 Å². The highest BCUT2D eigenvalue weighted by Crippen LogP contribution is 2.35. The molecule has 2 aromatic carbocycles. The lowest BCUT2D eigenvalue weighted by Gasteiger charge is -2.37. The molecular formula is C25H27Cl2F4N5O3S. The number of nitrogens with zero attached hydrogens (tertiary/aromatic N) is 2. The molecule has 4 rings (SSSR count). The van der Waals surface area contributed by atoms with Crippen LogP contribution in [0.4, 0.5) is 34.6 Å². The second-order valence-electron chi connectivity index (χ2n) is 9.33. The van der Waals surface area contributed by atoms with Crippen molar-refractivity contribution in [2.45, 2.75) is 19.4 Å². The van der Waals surface area contributed by atoms with Crippen molar-refractivity contribution in [2.24, 2.45) is 11.7 Å². The number of carbonyl (C=O) groups excluding carboxylic acids is 1. The first-order valence-electron chi connectivity index (χ1n) is 11.5. The number of pyridine rings is 1. The molecule has 0 bridgehead atoms. The van der Waals surface area contributed by atoms with E-state index < -0.39 is 61.6 Å². The van der Waals surface area contributed by atoms with Gasteiger partial charge in [-0.15, -0.1) is 24.8 Å². The summed E-state index contributed by atoms with van der Waals surface area (Å²) >= 11 is 0. The van der Waals surface area contributed by atoms with E-state index in [9.17, 15) is 26.4 Å². The van der Waals surface area contributed by atoms with Crippen LogP contribution < -0.4 is 20.7 Å². The largest absolute Gasteiger partial charge is 0.368 e. The monoisotopic (exact) mass is 623 g/mol. The van der Waals surface area contributed by atoms with Crippen molar-refractivity contribution in [1.82, 2.24) is 4.98 Å². The molecule has 4 N–H and O–H groups in total. The lowest BCUT2D eigenvalue weighted by Crippen LogP contribution is -2.46. The van der Waals surface area contributed by atoms with Crippen LogP contribution in [0, 0.1) is 29.2 Å². The van der Waals surface area contributed by atoms with E-state index >= 15 is 4.39 Å². The third-order valence-electron chi connectivity index (χ3n) is 6.01. The minimum Gasteiger partial charge on any atom is -0.368 e. The molecule has 0 unspecified atom stereocenters. The molecule has 1 fully saturated rings. The van der Waals surface area contributed by atoms with Gasteiger partial charge in [-0.05, 0) is 42.7 Å². The van der Waals surface area contributed by atoms with Crippen LogP contribution in [0.2, 0.25) is 0 Å². The Kier molecular flexibility index (Phi) is 10.8. The van der Waals surface area contributed by atoms with E-state index in [0.717, 1.165) is 18.7 Å². The number of aromatic nitrogens is 1. The number of hydrogen-bond acceptors (Lipinski definition) is 6. The van der Waals surface area contributed by atoms with Crippen molar-refractivity contribution in [3.05, 3.63) is 71.6 Å². The third kappa shape index (κ3) is 7.33. The van der Waals surface area contributed by atoms with Crippen molar-refractivity contribution in [3.8, 4) is 11.1 Å². The van der Waals surface area contributed by atoms with Gasteiger partial charge in [0.05, 0.1) is 46.2 Å². The normalized spacial score (nSPS) is 16.9. The zero-order valence-electron chi connectivity index (χ0n) is 21.3. The maximum absolute atomic E-state index is 15.5. The molecule has 8 nitrogen and oxygen atoms in total. The first-order valence-corrected chi connectivity index (χ1v) is 13.4. The van der Waals surface area contributed by atoms with Crippen LogP contribution in [-0.4, -0.2) is 44.7 Å². The Hall–Kier alpha value is -3.13. The maximum atomic E-state index is 15.5. The number of nitrogens with two attached hydrogens (primary N) is 1. The van der Waals surface area contributed by atoms with E-state index in [1.807, 2.05) is 16.5 Å². The van der Waals surface area contributed by atoms with E-state index in [-0.39, 0.29) is 42.5 Å². The maximum Gasteiger partial charge on any atom is 0.258 e. The number of anilines is 3. The summed E-state index contributed by atoms with van der Waals surface area (Å²) in [4.78, 5) is 19.0. The van der Waals surface area contributed by atoms with Crippen molar-refractivity contribution in [1.29, 1.82) is 0 Å². The molecule has 0 radical (unpaired) electrons. The van der Waals surface area contributed by atoms with Gasteiger partial charge in [-0.1, -0.05) is 6.92 Å². The van der Waals surface area contributed by atoms with Crippen LogP contribution in [0.25, 0.3) is 11.1 Å². The summed E-state index contributed by atoms with van der Waals surface area (Å²) in [5.41, 5.74) is 3.64. The van der Waals surface area contributed by atoms with Gasteiger partial charge in [0.2, 0.25) is 10.0 Å². The zero-order valence-corrected chi connectivity index (χ0v) is 23.7. The van der Waals surface area contributed by atoms with E-state index in [4.69, 9.17) is 5.73 Å². The predicted octanol–water partition coefficient (Wildman–Crippen LogP) is 4.95. The molecular weight excluding hydrogens is 597 g/mol. The van der Waals surface area contributed by atoms with E-state index in [1.54, 1.807) is 6.07 Å². The molecule has 218 valence electrons. The summed E-state index contributed by atoms with van der Waals surface area (Å²) in [6, 6.07) is 4.31. The Bertz CT molecular complexity index is 1480. The number of sulfonamides is 1. The van der Waals surface area contributed by atoms with Crippen LogP contribution in [0.3, 0.4) is 0 Å². The van der Waals surface area contributed by atoms with Crippen molar-refractivity contribution in [3.63, 3.8) is 0 Å². The lowest BCUT2D eigenvalue weighted by atomic mass is 9.96. The average Bonchev–Trinajstić information content (AvgIpc) is 2.79. The summed E-state index contributed by atoms with van der Waals surface area (Å²) in [6.07, 6.45) is 4.50. The molecule has 2 atom stereocenters. The highest BCUT2D eigenvalue weighted by molar-refractivity contribution is 7.92. The number of hydrogen-bond donors (Lipinski definition) is 3. The summed E-state index contributed by atoms with van der Waals surface area (Å²) < 4.78 is 84.4. The molecule has 1 saturated heterocycles. The SMILES string of the molecule is C[C@@H]1C[C@H](N)CN(c2ccncc2NC(=O)c2ccc(F)c(-c3c(F)cc(NS(C)(=O)=O)cc3F)c2F)C1.Cl.Cl. The highest BCUT2D eigenvalue weighted by atomic mass is 35.5. The Morgan fingerprint density at radius 2 is 1.68 bits per heavy atom. The molecule has 2 heterocycles. The first kappa shape index (κ1) is 33.1. The van der Waals surface area contributed by atoms with Gasteiger partial charge in [-0.25, -0.2) is 26.0 Å². The minimum absolute atomic E-state index is 0. The Morgan fingerprint density at radius 1 is 1.02 bits per heavy atom. The van der Waals surface area contributed by atoms with Gasteiger partial charge < -0.3 is 16.0 Å². The molecule has 1 aliphatic rings. The first-order chi connectivity index (χ1) is 17.8. The fourth-order valence-corrected chi connectivity index (χ4v) is 5.13. The molecule has 0 saturated carbocycles. The highest BCUT2D eigenvalue weighted by Gasteiger charge is 2.27. The van der Waals surface area contributed by atoms with Gasteiger partial charge in [0.1, 0.15) is 23.3 Å². The lowest BCUT2D eigenvalue weighted by molar-refractivity contribution is 0.102. The molecule has 0 spiro atoms. The molecule has 15 heteroatoms. The summed E-state index contributed by atoms with van der Waals surface area (Å²) in [6.45, 7) is 3.23. The smallest absolute Gasteiger partial charge is 0.258 e. The Morgan fingerprint density at radius 3 is 2.27 bits per heavy atom. The van der Waals surface area contributed by atoms with Crippen molar-refractivity contribution in [2.75, 3.05) is 34.3 Å². The quantitative estimate of drug-likeness (QED) is 0.335. The molecule has 40 heavy (non-hydrogen) atoms. The van der Waals surface area contributed by atoms with Gasteiger partial charge in [-0.2, -0.15) is 0 Å². The van der Waals surface area contributed by atoms with E-state index in [2.05, 4.69) is 10.3 Å². The fourth-order valence-electron chi connectivity index (χ4n) is 4.59. The zero-order chi connectivity index (χ0) is 27.8. The van der Waals surface area contributed by atoms with Gasteiger partial charge in [0.15, 0.2) is 0 Å². The number of rotatable bonds is 6. The van der Waals surface area contributed by atoms with E-state index in [0.29, 0.717) is 37.0 Å². The van der Waals surface area contributed by atoms with Gasteiger partial charge >= 0.3 is 0 Å². The third-order valence-corrected chi connectivity index (χ3v) is 6.62. The standard InChI is InChI=1S/C25H25F4N5O3S.2ClH/c1-13-7-14(30)12-34(11-13)21-5-6-31-10-20(21)32-25(35)16-3-4-17(26)23(24(16)29)22-18(27)8-15(9-19(22)28)33-38(2,36)37;;/h3-6,8-10,13-14,33H,7,11-12,30H2,1-2H3,(H,32,35);2*1H/t13-,14+;;/m1../s1. The molecule has 1 aromatic heterocycles. The Balaban J connectivity index is 0.00000280. The summed E-state index contributed by atoms with van der Waals surface area (Å²) in [7, 11) is -3.87. The second-order valence-corrected chi connectivity index (χ2v) is 11.1. The van der Waals surface area contributed by atoms with Gasteiger partial charge in [0.25, 0.3) is 5.91 Å². The average molecular weight is 624 g/mol. The number of halogens is 6. The van der Waals surface area contributed by atoms with Crippen molar-refractivity contribution < 1.29 is 30.8 Å².